The zero-order valence-electron chi connectivity index (χ0n) is 9.93. The molecule has 5 nitrogen and oxygen atoms in total. The number of carbonyl (C=O) groups is 1. The van der Waals surface area contributed by atoms with Crippen molar-refractivity contribution in [1.82, 2.24) is 9.80 Å². The number of hydrogen-bond donors (Lipinski definition) is 2. The van der Waals surface area contributed by atoms with E-state index in [1.54, 1.807) is 0 Å². The van der Waals surface area contributed by atoms with Gasteiger partial charge in [-0.15, -0.1) is 0 Å². The molecule has 1 aliphatic rings. The number of β-amino-alcohol motifs (C(OH)–C–C–N with tert-alkyl or cyclic N) is 1. The van der Waals surface area contributed by atoms with Gasteiger partial charge in [-0.05, 0) is 6.42 Å². The van der Waals surface area contributed by atoms with Gasteiger partial charge in [-0.25, -0.2) is 0 Å². The second kappa shape index (κ2) is 6.83. The van der Waals surface area contributed by atoms with Crippen molar-refractivity contribution < 1.29 is 15.0 Å². The number of unbranched alkanes of at least 4 members (excludes halogenated alkanes) is 1. The Morgan fingerprint density at radius 3 is 2.75 bits per heavy atom. The van der Waals surface area contributed by atoms with Crippen LogP contribution in [0, 0.1) is 0 Å². The van der Waals surface area contributed by atoms with E-state index in [0.29, 0.717) is 13.1 Å². The number of aliphatic hydroxyl groups excluding tert-OH is 2. The van der Waals surface area contributed by atoms with Crippen LogP contribution in [0.3, 0.4) is 0 Å². The van der Waals surface area contributed by atoms with Gasteiger partial charge in [0.1, 0.15) is 0 Å². The minimum absolute atomic E-state index is 0.129. The fourth-order valence-electron chi connectivity index (χ4n) is 1.85. The SMILES string of the molecule is CCCCN1CCN(C[C@@H](O)CO)CC1=O. The molecule has 1 atom stereocenters. The number of piperazine rings is 1. The highest BCUT2D eigenvalue weighted by Crippen LogP contribution is 2.05. The van der Waals surface area contributed by atoms with E-state index in [2.05, 4.69) is 6.92 Å². The molecule has 0 radical (unpaired) electrons. The summed E-state index contributed by atoms with van der Waals surface area (Å²) in [5.74, 6) is 0.129. The van der Waals surface area contributed by atoms with E-state index < -0.39 is 6.10 Å². The minimum Gasteiger partial charge on any atom is -0.394 e. The standard InChI is InChI=1S/C11H22N2O3/c1-2-3-4-13-6-5-12(8-11(13)16)7-10(15)9-14/h10,14-15H,2-9H2,1H3/t10-/m1/s1. The lowest BCUT2D eigenvalue weighted by molar-refractivity contribution is -0.136. The van der Waals surface area contributed by atoms with Gasteiger partial charge in [-0.2, -0.15) is 0 Å². The second-order valence-corrected chi connectivity index (χ2v) is 4.31. The highest BCUT2D eigenvalue weighted by atomic mass is 16.3. The molecule has 0 aromatic carbocycles. The third-order valence-corrected chi connectivity index (χ3v) is 2.86. The van der Waals surface area contributed by atoms with Crippen LogP contribution in [-0.2, 0) is 4.79 Å². The predicted octanol–water partition coefficient (Wildman–Crippen LogP) is -0.716. The number of nitrogens with zero attached hydrogens (tertiary/aromatic N) is 2. The minimum atomic E-state index is -0.741. The van der Waals surface area contributed by atoms with E-state index >= 15 is 0 Å². The van der Waals surface area contributed by atoms with Crippen molar-refractivity contribution in [3.05, 3.63) is 0 Å². The van der Waals surface area contributed by atoms with Crippen molar-refractivity contribution in [2.24, 2.45) is 0 Å². The Kier molecular flexibility index (Phi) is 5.73. The maximum absolute atomic E-state index is 11.7. The van der Waals surface area contributed by atoms with Gasteiger partial charge < -0.3 is 15.1 Å². The predicted molar refractivity (Wildman–Crippen MR) is 61.0 cm³/mol. The van der Waals surface area contributed by atoms with Crippen LogP contribution in [0.15, 0.2) is 0 Å². The first-order valence-corrected chi connectivity index (χ1v) is 5.96. The summed E-state index contributed by atoms with van der Waals surface area (Å²) in [6, 6.07) is 0. The molecule has 0 saturated carbocycles. The van der Waals surface area contributed by atoms with Gasteiger partial charge in [-0.1, -0.05) is 13.3 Å². The number of aliphatic hydroxyl groups is 2. The second-order valence-electron chi connectivity index (χ2n) is 4.31. The van der Waals surface area contributed by atoms with Gasteiger partial charge in [0.25, 0.3) is 0 Å². The molecule has 1 amide bonds. The molecule has 0 aromatic heterocycles. The van der Waals surface area contributed by atoms with Crippen LogP contribution in [0.1, 0.15) is 19.8 Å². The lowest BCUT2D eigenvalue weighted by Gasteiger charge is -2.35. The Hall–Kier alpha value is -0.650. The number of rotatable bonds is 6. The smallest absolute Gasteiger partial charge is 0.236 e. The molecule has 1 aliphatic heterocycles. The molecule has 0 bridgehead atoms. The fraction of sp³-hybridized carbons (Fsp3) is 0.909. The summed E-state index contributed by atoms with van der Waals surface area (Å²) in [7, 11) is 0. The Bertz CT molecular complexity index is 223. The quantitative estimate of drug-likeness (QED) is 0.632. The number of amides is 1. The lowest BCUT2D eigenvalue weighted by Crippen LogP contribution is -2.52. The monoisotopic (exact) mass is 230 g/mol. The Morgan fingerprint density at radius 2 is 2.19 bits per heavy atom. The fourth-order valence-corrected chi connectivity index (χ4v) is 1.85. The third-order valence-electron chi connectivity index (χ3n) is 2.86. The van der Waals surface area contributed by atoms with E-state index in [0.717, 1.165) is 32.5 Å². The summed E-state index contributed by atoms with van der Waals surface area (Å²) in [4.78, 5) is 15.5. The van der Waals surface area contributed by atoms with Crippen molar-refractivity contribution in [3.63, 3.8) is 0 Å². The summed E-state index contributed by atoms with van der Waals surface area (Å²) in [5.41, 5.74) is 0. The van der Waals surface area contributed by atoms with Crippen LogP contribution < -0.4 is 0 Å². The van der Waals surface area contributed by atoms with Gasteiger partial charge >= 0.3 is 0 Å². The summed E-state index contributed by atoms with van der Waals surface area (Å²) >= 11 is 0. The first-order chi connectivity index (χ1) is 7.67. The molecule has 5 heteroatoms. The first kappa shape index (κ1) is 13.4. The molecule has 1 fully saturated rings. The van der Waals surface area contributed by atoms with E-state index in [1.807, 2.05) is 9.80 Å². The molecule has 0 aromatic rings. The number of carbonyl (C=O) groups excluding carboxylic acids is 1. The Morgan fingerprint density at radius 1 is 1.44 bits per heavy atom. The molecule has 2 N–H and O–H groups in total. The van der Waals surface area contributed by atoms with E-state index in [1.165, 1.54) is 0 Å². The first-order valence-electron chi connectivity index (χ1n) is 5.96. The zero-order valence-corrected chi connectivity index (χ0v) is 9.93. The van der Waals surface area contributed by atoms with Crippen molar-refractivity contribution >= 4 is 5.91 Å². The van der Waals surface area contributed by atoms with Crippen molar-refractivity contribution in [3.8, 4) is 0 Å². The van der Waals surface area contributed by atoms with Crippen LogP contribution in [0.4, 0.5) is 0 Å². The summed E-state index contributed by atoms with van der Waals surface area (Å²) < 4.78 is 0. The van der Waals surface area contributed by atoms with Crippen molar-refractivity contribution in [2.75, 3.05) is 39.3 Å². The Balaban J connectivity index is 2.30. The molecular formula is C11H22N2O3. The molecular weight excluding hydrogens is 208 g/mol. The van der Waals surface area contributed by atoms with Crippen molar-refractivity contribution in [1.29, 1.82) is 0 Å². The van der Waals surface area contributed by atoms with Gasteiger partial charge in [-0.3, -0.25) is 9.69 Å². The molecule has 16 heavy (non-hydrogen) atoms. The average molecular weight is 230 g/mol. The normalized spacial score (nSPS) is 20.2. The summed E-state index contributed by atoms with van der Waals surface area (Å²) in [6.45, 7) is 4.96. The molecule has 1 saturated heterocycles. The van der Waals surface area contributed by atoms with Crippen LogP contribution >= 0.6 is 0 Å². The van der Waals surface area contributed by atoms with Crippen LogP contribution in [0.2, 0.25) is 0 Å². The summed E-state index contributed by atoms with van der Waals surface area (Å²) in [6.07, 6.45) is 1.40. The third kappa shape index (κ3) is 4.08. The van der Waals surface area contributed by atoms with E-state index in [4.69, 9.17) is 5.11 Å². The number of hydrogen-bond acceptors (Lipinski definition) is 4. The molecule has 94 valence electrons. The zero-order chi connectivity index (χ0) is 12.0. The van der Waals surface area contributed by atoms with Crippen molar-refractivity contribution in [2.45, 2.75) is 25.9 Å². The highest BCUT2D eigenvalue weighted by molar-refractivity contribution is 5.79. The molecule has 0 aliphatic carbocycles. The molecule has 0 spiro atoms. The largest absolute Gasteiger partial charge is 0.394 e. The molecule has 1 heterocycles. The van der Waals surface area contributed by atoms with Crippen LogP contribution in [-0.4, -0.2) is 71.4 Å². The molecule has 0 unspecified atom stereocenters. The maximum atomic E-state index is 11.7. The van der Waals surface area contributed by atoms with Gasteiger partial charge in [0.05, 0.1) is 19.3 Å². The topological polar surface area (TPSA) is 64.0 Å². The highest BCUT2D eigenvalue weighted by Gasteiger charge is 2.24. The van der Waals surface area contributed by atoms with Crippen LogP contribution in [0.5, 0.6) is 0 Å². The maximum Gasteiger partial charge on any atom is 0.236 e. The summed E-state index contributed by atoms with van der Waals surface area (Å²) in [5, 5.41) is 18.0. The van der Waals surface area contributed by atoms with Crippen LogP contribution in [0.25, 0.3) is 0 Å². The molecule has 1 rings (SSSR count). The van der Waals surface area contributed by atoms with Gasteiger partial charge in [0.2, 0.25) is 5.91 Å². The van der Waals surface area contributed by atoms with Gasteiger partial charge in [0, 0.05) is 26.2 Å². The van der Waals surface area contributed by atoms with E-state index in [9.17, 15) is 9.90 Å². The van der Waals surface area contributed by atoms with Gasteiger partial charge in [0.15, 0.2) is 0 Å². The average Bonchev–Trinajstić information content (AvgIpc) is 2.28. The lowest BCUT2D eigenvalue weighted by atomic mass is 10.2. The Labute approximate surface area is 96.7 Å². The van der Waals surface area contributed by atoms with E-state index in [-0.39, 0.29) is 12.5 Å².